The number of anilines is 1. The smallest absolute Gasteiger partial charge is 0.135 e. The van der Waals surface area contributed by atoms with E-state index in [4.69, 9.17) is 16.3 Å². The topological polar surface area (TPSA) is 41.5 Å². The van der Waals surface area contributed by atoms with E-state index in [-0.39, 0.29) is 22.8 Å². The summed E-state index contributed by atoms with van der Waals surface area (Å²) in [6.07, 6.45) is 10.1. The molecule has 0 spiro atoms. The van der Waals surface area contributed by atoms with Crippen molar-refractivity contribution in [1.29, 1.82) is 0 Å². The van der Waals surface area contributed by atoms with Gasteiger partial charge in [0.2, 0.25) is 0 Å². The third-order valence-electron chi connectivity index (χ3n) is 6.72. The van der Waals surface area contributed by atoms with E-state index in [0.717, 1.165) is 41.8 Å². The number of halogens is 1. The normalized spacial score (nSPS) is 25.9. The van der Waals surface area contributed by atoms with Crippen LogP contribution in [-0.2, 0) is 0 Å². The van der Waals surface area contributed by atoms with E-state index in [9.17, 15) is 5.11 Å². The van der Waals surface area contributed by atoms with Crippen LogP contribution in [0.25, 0.3) is 16.7 Å². The van der Waals surface area contributed by atoms with Crippen LogP contribution in [0, 0.1) is 5.41 Å². The molecule has 0 fully saturated rings. The lowest BCUT2D eigenvalue weighted by Gasteiger charge is -2.44. The van der Waals surface area contributed by atoms with Crippen molar-refractivity contribution in [2.45, 2.75) is 58.6 Å². The molecule has 0 aromatic heterocycles. The molecule has 5 rings (SSSR count). The number of aromatic hydroxyl groups is 1. The van der Waals surface area contributed by atoms with Crippen LogP contribution >= 0.6 is 11.6 Å². The number of allylic oxidation sites excluding steroid dienone is 2. The molecule has 2 aromatic carbocycles. The minimum atomic E-state index is -0.126. The Morgan fingerprint density at radius 3 is 2.67 bits per heavy atom. The van der Waals surface area contributed by atoms with Crippen molar-refractivity contribution in [3.8, 4) is 22.6 Å². The maximum Gasteiger partial charge on any atom is 0.135 e. The maximum atomic E-state index is 10.3. The fourth-order valence-electron chi connectivity index (χ4n) is 5.44. The zero-order valence-electron chi connectivity index (χ0n) is 18.0. The Hall–Kier alpha value is -2.39. The Morgan fingerprint density at radius 1 is 1.13 bits per heavy atom. The summed E-state index contributed by atoms with van der Waals surface area (Å²) in [7, 11) is 0. The quantitative estimate of drug-likeness (QED) is 0.468. The van der Waals surface area contributed by atoms with Gasteiger partial charge < -0.3 is 15.2 Å². The molecule has 30 heavy (non-hydrogen) atoms. The number of hydrogen-bond donors (Lipinski definition) is 2. The maximum absolute atomic E-state index is 10.3. The number of rotatable bonds is 1. The van der Waals surface area contributed by atoms with Crippen molar-refractivity contribution in [3.05, 3.63) is 58.6 Å². The Labute approximate surface area is 183 Å². The van der Waals surface area contributed by atoms with Crippen molar-refractivity contribution in [2.75, 3.05) is 5.32 Å². The molecule has 3 aliphatic rings. The van der Waals surface area contributed by atoms with E-state index in [2.05, 4.69) is 63.4 Å². The van der Waals surface area contributed by atoms with Crippen molar-refractivity contribution in [2.24, 2.45) is 5.41 Å². The minimum Gasteiger partial charge on any atom is -0.506 e. The highest BCUT2D eigenvalue weighted by Gasteiger charge is 2.43. The van der Waals surface area contributed by atoms with Gasteiger partial charge in [-0.05, 0) is 69.4 Å². The lowest BCUT2D eigenvalue weighted by atomic mass is 9.69. The van der Waals surface area contributed by atoms with Gasteiger partial charge in [0, 0.05) is 27.8 Å². The number of fused-ring (bicyclic) bond motifs is 5. The second-order valence-corrected chi connectivity index (χ2v) is 10.1. The number of hydrogen-bond acceptors (Lipinski definition) is 3. The van der Waals surface area contributed by atoms with Crippen LogP contribution in [0.3, 0.4) is 0 Å². The third-order valence-corrected chi connectivity index (χ3v) is 7.10. The molecule has 1 aliphatic carbocycles. The summed E-state index contributed by atoms with van der Waals surface area (Å²) in [5, 5.41) is 14.3. The number of phenols is 1. The van der Waals surface area contributed by atoms with Crippen LogP contribution in [0.5, 0.6) is 11.5 Å². The molecular formula is C26H28ClNO2. The van der Waals surface area contributed by atoms with Crippen LogP contribution in [0.1, 0.15) is 64.2 Å². The van der Waals surface area contributed by atoms with Gasteiger partial charge in [-0.2, -0.15) is 0 Å². The lowest BCUT2D eigenvalue weighted by molar-refractivity contribution is 0.0802. The number of benzene rings is 2. The van der Waals surface area contributed by atoms with Gasteiger partial charge in [-0.1, -0.05) is 42.8 Å². The van der Waals surface area contributed by atoms with E-state index < -0.39 is 0 Å². The van der Waals surface area contributed by atoms with Gasteiger partial charge in [0.25, 0.3) is 0 Å². The first-order chi connectivity index (χ1) is 14.2. The van der Waals surface area contributed by atoms with Crippen molar-refractivity contribution in [1.82, 2.24) is 0 Å². The lowest BCUT2D eigenvalue weighted by Crippen LogP contribution is -2.35. The first kappa shape index (κ1) is 19.6. The Kier molecular flexibility index (Phi) is 4.27. The molecule has 2 unspecified atom stereocenters. The molecule has 0 bridgehead atoms. The van der Waals surface area contributed by atoms with E-state index in [1.165, 1.54) is 16.7 Å². The van der Waals surface area contributed by atoms with Gasteiger partial charge in [-0.25, -0.2) is 0 Å². The van der Waals surface area contributed by atoms with E-state index in [1.807, 2.05) is 6.07 Å². The summed E-state index contributed by atoms with van der Waals surface area (Å²) < 4.78 is 6.70. The molecule has 2 aromatic rings. The van der Waals surface area contributed by atoms with Gasteiger partial charge in [0.15, 0.2) is 0 Å². The van der Waals surface area contributed by atoms with Crippen LogP contribution < -0.4 is 10.1 Å². The predicted molar refractivity (Wildman–Crippen MR) is 124 cm³/mol. The predicted octanol–water partition coefficient (Wildman–Crippen LogP) is 7.50. The largest absolute Gasteiger partial charge is 0.506 e. The average molecular weight is 422 g/mol. The highest BCUT2D eigenvalue weighted by Crippen LogP contribution is 2.57. The standard InChI is InChI=1S/C26H28ClNO2/c1-15-14-25(2,3)28-17-9-8-16-21-19(11-10-18(29)23(21)27)30-24(22(16)20(15)17)26(4)12-6-5-7-13-26/h6,8-12,14,24,28-29H,5,7,13H2,1-4H3. The van der Waals surface area contributed by atoms with Gasteiger partial charge >= 0.3 is 0 Å². The first-order valence-corrected chi connectivity index (χ1v) is 11.1. The van der Waals surface area contributed by atoms with Crippen molar-refractivity contribution < 1.29 is 9.84 Å². The van der Waals surface area contributed by atoms with Crippen molar-refractivity contribution in [3.63, 3.8) is 0 Å². The molecule has 0 saturated heterocycles. The van der Waals surface area contributed by atoms with E-state index >= 15 is 0 Å². The minimum absolute atomic E-state index is 0.0800. The molecule has 2 atom stereocenters. The first-order valence-electron chi connectivity index (χ1n) is 10.7. The molecule has 0 amide bonds. The van der Waals surface area contributed by atoms with E-state index in [0.29, 0.717) is 5.02 Å². The number of nitrogens with one attached hydrogen (secondary N) is 1. The summed E-state index contributed by atoms with van der Waals surface area (Å²) in [5.41, 5.74) is 6.33. The van der Waals surface area contributed by atoms with Crippen LogP contribution in [0.15, 0.2) is 42.5 Å². The molecule has 2 aliphatic heterocycles. The highest BCUT2D eigenvalue weighted by molar-refractivity contribution is 6.35. The molecule has 0 radical (unpaired) electrons. The molecular weight excluding hydrogens is 394 g/mol. The van der Waals surface area contributed by atoms with Crippen LogP contribution in [-0.4, -0.2) is 10.6 Å². The Bertz CT molecular complexity index is 1110. The molecule has 0 saturated carbocycles. The SMILES string of the molecule is CC1=CC(C)(C)Nc2ccc3c(c21)C(C1(C)C=CCCC1)Oc1ccc(O)c(Cl)c1-3. The average Bonchev–Trinajstić information content (AvgIpc) is 2.69. The number of ether oxygens (including phenoxy) is 1. The Balaban J connectivity index is 1.83. The second-order valence-electron chi connectivity index (χ2n) is 9.69. The summed E-state index contributed by atoms with van der Waals surface area (Å²) in [5.74, 6) is 0.817. The second kappa shape index (κ2) is 6.55. The third kappa shape index (κ3) is 2.86. The van der Waals surface area contributed by atoms with E-state index in [1.54, 1.807) is 6.07 Å². The van der Waals surface area contributed by atoms with Gasteiger partial charge in [-0.15, -0.1) is 0 Å². The van der Waals surface area contributed by atoms with Gasteiger partial charge in [0.1, 0.15) is 17.6 Å². The monoisotopic (exact) mass is 421 g/mol. The van der Waals surface area contributed by atoms with Crippen LogP contribution in [0.2, 0.25) is 5.02 Å². The summed E-state index contributed by atoms with van der Waals surface area (Å²) in [4.78, 5) is 0. The summed E-state index contributed by atoms with van der Waals surface area (Å²) in [6.45, 7) is 8.84. The highest BCUT2D eigenvalue weighted by atomic mass is 35.5. The zero-order chi connectivity index (χ0) is 21.3. The molecule has 4 heteroatoms. The van der Waals surface area contributed by atoms with Gasteiger partial charge in [-0.3, -0.25) is 0 Å². The molecule has 2 heterocycles. The van der Waals surface area contributed by atoms with Crippen molar-refractivity contribution >= 4 is 22.9 Å². The van der Waals surface area contributed by atoms with Gasteiger partial charge in [0.05, 0.1) is 10.6 Å². The number of phenolic OH excluding ortho intramolecular Hbond substituents is 1. The summed E-state index contributed by atoms with van der Waals surface area (Å²) >= 11 is 6.60. The zero-order valence-corrected chi connectivity index (χ0v) is 18.7. The molecule has 156 valence electrons. The fourth-order valence-corrected chi connectivity index (χ4v) is 5.70. The fraction of sp³-hybridized carbons (Fsp3) is 0.385. The molecule has 2 N–H and O–H groups in total. The van der Waals surface area contributed by atoms with Crippen LogP contribution in [0.4, 0.5) is 5.69 Å². The Morgan fingerprint density at radius 2 is 1.93 bits per heavy atom. The summed E-state index contributed by atoms with van der Waals surface area (Å²) in [6, 6.07) is 7.73. The molecule has 3 nitrogen and oxygen atoms in total.